The average molecular weight is 478 g/mol. The molecule has 0 radical (unpaired) electrons. The number of benzene rings is 1. The summed E-state index contributed by atoms with van der Waals surface area (Å²) in [6, 6.07) is 8.90. The molecule has 1 unspecified atom stereocenters. The van der Waals surface area contributed by atoms with Gasteiger partial charge in [0, 0.05) is 60.3 Å². The van der Waals surface area contributed by atoms with Crippen LogP contribution in [0.15, 0.2) is 48.8 Å². The van der Waals surface area contributed by atoms with Crippen LogP contribution in [0.4, 0.5) is 24.8 Å². The van der Waals surface area contributed by atoms with Crippen molar-refractivity contribution in [2.45, 2.75) is 19.2 Å². The van der Waals surface area contributed by atoms with Gasteiger partial charge in [-0.05, 0) is 43.3 Å². The van der Waals surface area contributed by atoms with Crippen LogP contribution in [0.25, 0.3) is 11.1 Å². The molecule has 1 atom stereocenters. The number of anilines is 2. The second kappa shape index (κ2) is 9.44. The Labute approximate surface area is 194 Å². The first-order chi connectivity index (χ1) is 15.7. The number of alkyl halides is 3. The third-order valence-electron chi connectivity index (χ3n) is 5.46. The van der Waals surface area contributed by atoms with Crippen LogP contribution in [0.3, 0.4) is 0 Å². The molecule has 0 saturated carbocycles. The summed E-state index contributed by atoms with van der Waals surface area (Å²) < 4.78 is 46.2. The molecule has 1 aromatic carbocycles. The van der Waals surface area contributed by atoms with Crippen molar-refractivity contribution in [3.8, 4) is 16.9 Å². The van der Waals surface area contributed by atoms with E-state index in [1.807, 2.05) is 12.1 Å². The van der Waals surface area contributed by atoms with E-state index >= 15 is 0 Å². The Balaban J connectivity index is 1.58. The molecule has 1 aliphatic heterocycles. The first-order valence-electron chi connectivity index (χ1n) is 10.4. The summed E-state index contributed by atoms with van der Waals surface area (Å²) >= 11 is 5.95. The highest BCUT2D eigenvalue weighted by atomic mass is 35.5. The Morgan fingerprint density at radius 2 is 1.79 bits per heavy atom. The number of ether oxygens (including phenoxy) is 1. The van der Waals surface area contributed by atoms with Crippen LogP contribution in [0, 0.1) is 0 Å². The molecule has 0 spiro atoms. The molecule has 33 heavy (non-hydrogen) atoms. The van der Waals surface area contributed by atoms with E-state index in [1.165, 1.54) is 19.1 Å². The number of pyridine rings is 2. The van der Waals surface area contributed by atoms with Crippen molar-refractivity contribution in [3.63, 3.8) is 0 Å². The van der Waals surface area contributed by atoms with Gasteiger partial charge in [0.05, 0.1) is 5.56 Å². The SMILES string of the molecule is CC(Oc1cc(-c2ccc(N3CCNCC3)nc2)cnc1N)c1cc(Cl)ccc1C(F)(F)F. The molecule has 0 aliphatic carbocycles. The van der Waals surface area contributed by atoms with Gasteiger partial charge in [0.1, 0.15) is 11.9 Å². The van der Waals surface area contributed by atoms with Crippen molar-refractivity contribution in [3.05, 3.63) is 64.9 Å². The minimum atomic E-state index is -4.54. The molecule has 4 rings (SSSR count). The van der Waals surface area contributed by atoms with Gasteiger partial charge in [-0.15, -0.1) is 0 Å². The fourth-order valence-electron chi connectivity index (χ4n) is 3.73. The van der Waals surface area contributed by atoms with Crippen LogP contribution in [-0.2, 0) is 6.18 Å². The van der Waals surface area contributed by atoms with E-state index in [0.717, 1.165) is 43.6 Å². The van der Waals surface area contributed by atoms with E-state index in [4.69, 9.17) is 22.1 Å². The molecular formula is C23H23ClF3N5O. The lowest BCUT2D eigenvalue weighted by Crippen LogP contribution is -2.43. The molecule has 3 N–H and O–H groups in total. The molecule has 6 nitrogen and oxygen atoms in total. The minimum Gasteiger partial charge on any atom is -0.482 e. The molecule has 3 heterocycles. The maximum Gasteiger partial charge on any atom is 0.416 e. The lowest BCUT2D eigenvalue weighted by Gasteiger charge is -2.28. The summed E-state index contributed by atoms with van der Waals surface area (Å²) in [4.78, 5) is 10.9. The molecule has 2 aromatic heterocycles. The molecule has 1 saturated heterocycles. The minimum absolute atomic E-state index is 0.0755. The number of rotatable bonds is 5. The zero-order valence-electron chi connectivity index (χ0n) is 17.9. The summed E-state index contributed by atoms with van der Waals surface area (Å²) in [5, 5.41) is 3.49. The Hall–Kier alpha value is -3.04. The first-order valence-corrected chi connectivity index (χ1v) is 10.8. The van der Waals surface area contributed by atoms with Crippen molar-refractivity contribution in [1.82, 2.24) is 15.3 Å². The number of hydrogen-bond donors (Lipinski definition) is 2. The van der Waals surface area contributed by atoms with E-state index in [-0.39, 0.29) is 22.2 Å². The Morgan fingerprint density at radius 1 is 1.06 bits per heavy atom. The molecule has 1 fully saturated rings. The fourth-order valence-corrected chi connectivity index (χ4v) is 3.91. The van der Waals surface area contributed by atoms with E-state index in [2.05, 4.69) is 20.2 Å². The van der Waals surface area contributed by atoms with Crippen LogP contribution in [0.1, 0.15) is 24.2 Å². The van der Waals surface area contributed by atoms with Crippen LogP contribution in [0.5, 0.6) is 5.75 Å². The number of nitrogens with one attached hydrogen (secondary N) is 1. The van der Waals surface area contributed by atoms with Crippen LogP contribution in [-0.4, -0.2) is 36.1 Å². The highest BCUT2D eigenvalue weighted by Gasteiger charge is 2.35. The smallest absolute Gasteiger partial charge is 0.416 e. The third-order valence-corrected chi connectivity index (χ3v) is 5.70. The molecule has 10 heteroatoms. The van der Waals surface area contributed by atoms with Gasteiger partial charge in [-0.3, -0.25) is 0 Å². The van der Waals surface area contributed by atoms with Crippen molar-refractivity contribution in [2.75, 3.05) is 36.8 Å². The van der Waals surface area contributed by atoms with Crippen LogP contribution < -0.4 is 20.7 Å². The standard InChI is InChI=1S/C23H23ClF3N5O/c1-14(18-11-17(24)3-4-19(18)23(25,26)27)33-20-10-16(13-31-22(20)28)15-2-5-21(30-12-15)32-8-6-29-7-9-32/h2-5,10-14,29H,6-9H2,1H3,(H2,28,31). The number of aromatic nitrogens is 2. The lowest BCUT2D eigenvalue weighted by molar-refractivity contribution is -0.138. The zero-order valence-corrected chi connectivity index (χ0v) is 18.6. The van der Waals surface area contributed by atoms with Crippen LogP contribution in [0.2, 0.25) is 5.02 Å². The van der Waals surface area contributed by atoms with Crippen molar-refractivity contribution in [1.29, 1.82) is 0 Å². The van der Waals surface area contributed by atoms with E-state index in [1.54, 1.807) is 18.5 Å². The number of hydrogen-bond acceptors (Lipinski definition) is 6. The second-order valence-electron chi connectivity index (χ2n) is 7.74. The Kier molecular flexibility index (Phi) is 6.62. The predicted octanol–water partition coefficient (Wildman–Crippen LogP) is 4.95. The number of nitrogen functional groups attached to an aromatic ring is 1. The maximum atomic E-state index is 13.5. The third kappa shape index (κ3) is 5.31. The van der Waals surface area contributed by atoms with Gasteiger partial charge >= 0.3 is 6.18 Å². The first kappa shape index (κ1) is 23.1. The van der Waals surface area contributed by atoms with Gasteiger partial charge in [-0.25, -0.2) is 9.97 Å². The topological polar surface area (TPSA) is 76.3 Å². The normalized spacial score (nSPS) is 15.4. The van der Waals surface area contributed by atoms with Gasteiger partial charge in [0.2, 0.25) is 0 Å². The summed E-state index contributed by atoms with van der Waals surface area (Å²) in [7, 11) is 0. The summed E-state index contributed by atoms with van der Waals surface area (Å²) in [6.45, 7) is 5.10. The van der Waals surface area contributed by atoms with Gasteiger partial charge < -0.3 is 20.7 Å². The van der Waals surface area contributed by atoms with E-state index in [9.17, 15) is 13.2 Å². The van der Waals surface area contributed by atoms with Gasteiger partial charge in [0.25, 0.3) is 0 Å². The number of nitrogens with zero attached hydrogens (tertiary/aromatic N) is 3. The monoisotopic (exact) mass is 477 g/mol. The number of piperazine rings is 1. The van der Waals surface area contributed by atoms with Gasteiger partial charge in [-0.1, -0.05) is 11.6 Å². The number of halogens is 4. The molecule has 0 bridgehead atoms. The molecule has 1 aliphatic rings. The highest BCUT2D eigenvalue weighted by molar-refractivity contribution is 6.30. The number of nitrogens with two attached hydrogens (primary N) is 1. The fraction of sp³-hybridized carbons (Fsp3) is 0.304. The quantitative estimate of drug-likeness (QED) is 0.541. The van der Waals surface area contributed by atoms with Gasteiger partial charge in [0.15, 0.2) is 11.6 Å². The second-order valence-corrected chi connectivity index (χ2v) is 8.18. The Morgan fingerprint density at radius 3 is 2.45 bits per heavy atom. The zero-order chi connectivity index (χ0) is 23.6. The van der Waals surface area contributed by atoms with Crippen LogP contribution >= 0.6 is 11.6 Å². The molecule has 3 aromatic rings. The summed E-state index contributed by atoms with van der Waals surface area (Å²) in [6.07, 6.45) is -2.19. The maximum absolute atomic E-state index is 13.5. The summed E-state index contributed by atoms with van der Waals surface area (Å²) in [5.74, 6) is 1.14. The van der Waals surface area contributed by atoms with E-state index < -0.39 is 17.8 Å². The Bertz CT molecular complexity index is 1120. The van der Waals surface area contributed by atoms with Crippen molar-refractivity contribution < 1.29 is 17.9 Å². The van der Waals surface area contributed by atoms with E-state index in [0.29, 0.717) is 5.56 Å². The summed E-state index contributed by atoms with van der Waals surface area (Å²) in [5.41, 5.74) is 6.54. The predicted molar refractivity (Wildman–Crippen MR) is 122 cm³/mol. The van der Waals surface area contributed by atoms with Crippen molar-refractivity contribution >= 4 is 23.2 Å². The molecule has 0 amide bonds. The highest BCUT2D eigenvalue weighted by Crippen LogP contribution is 2.38. The lowest BCUT2D eigenvalue weighted by atomic mass is 10.0. The van der Waals surface area contributed by atoms with Gasteiger partial charge in [-0.2, -0.15) is 13.2 Å². The average Bonchev–Trinajstić information content (AvgIpc) is 2.80. The molecular weight excluding hydrogens is 455 g/mol. The van der Waals surface area contributed by atoms with Crippen molar-refractivity contribution in [2.24, 2.45) is 0 Å². The largest absolute Gasteiger partial charge is 0.482 e. The molecule has 174 valence electrons.